The summed E-state index contributed by atoms with van der Waals surface area (Å²) in [5.41, 5.74) is 2.31. The number of carbonyl (C=O) groups excluding carboxylic acids is 2. The van der Waals surface area contributed by atoms with Gasteiger partial charge in [0.2, 0.25) is 0 Å². The molecule has 0 saturated heterocycles. The van der Waals surface area contributed by atoms with Gasteiger partial charge in [-0.1, -0.05) is 25.5 Å². The van der Waals surface area contributed by atoms with Crippen molar-refractivity contribution in [3.63, 3.8) is 0 Å². The number of para-hydroxylation sites is 1. The third-order valence-electron chi connectivity index (χ3n) is 4.12. The number of anilines is 2. The third kappa shape index (κ3) is 6.03. The van der Waals surface area contributed by atoms with Gasteiger partial charge in [0.25, 0.3) is 11.1 Å². The molecule has 2 amide bonds. The molecule has 0 saturated carbocycles. The summed E-state index contributed by atoms with van der Waals surface area (Å²) in [5, 5.41) is 2.82. The van der Waals surface area contributed by atoms with Crippen LogP contribution in [0.1, 0.15) is 30.1 Å². The molecule has 0 unspecified atom stereocenters. The molecule has 2 rings (SSSR count). The Hall–Kier alpha value is -2.47. The van der Waals surface area contributed by atoms with E-state index < -0.39 is 0 Å². The number of thioether (sulfide) groups is 1. The van der Waals surface area contributed by atoms with E-state index in [0.29, 0.717) is 11.3 Å². The minimum atomic E-state index is -0.192. The van der Waals surface area contributed by atoms with Crippen LogP contribution in [0.2, 0.25) is 0 Å². The summed E-state index contributed by atoms with van der Waals surface area (Å²) in [5.74, 6) is -0.192. The van der Waals surface area contributed by atoms with Gasteiger partial charge in [-0.2, -0.15) is 0 Å². The Balaban J connectivity index is 2.08. The monoisotopic (exact) mass is 385 g/mol. The van der Waals surface area contributed by atoms with Crippen molar-refractivity contribution in [1.29, 1.82) is 0 Å². The molecule has 2 aromatic carbocycles. The van der Waals surface area contributed by atoms with Gasteiger partial charge >= 0.3 is 0 Å². The van der Waals surface area contributed by atoms with Gasteiger partial charge in [-0.05, 0) is 54.6 Å². The average molecular weight is 386 g/mol. The van der Waals surface area contributed by atoms with Crippen molar-refractivity contribution >= 4 is 34.3 Å². The Labute approximate surface area is 165 Å². The van der Waals surface area contributed by atoms with E-state index >= 15 is 0 Å². The van der Waals surface area contributed by atoms with Gasteiger partial charge in [-0.3, -0.25) is 9.59 Å². The highest BCUT2D eigenvalue weighted by Gasteiger charge is 2.13. The van der Waals surface area contributed by atoms with Gasteiger partial charge in [-0.15, -0.1) is 0 Å². The van der Waals surface area contributed by atoms with Crippen LogP contribution in [0.15, 0.2) is 53.4 Å². The first-order valence-electron chi connectivity index (χ1n) is 9.03. The molecular weight excluding hydrogens is 358 g/mol. The van der Waals surface area contributed by atoms with E-state index in [4.69, 9.17) is 0 Å². The zero-order valence-corrected chi connectivity index (χ0v) is 17.2. The molecule has 0 aromatic heterocycles. The summed E-state index contributed by atoms with van der Waals surface area (Å²) in [6, 6.07) is 14.9. The Kier molecular flexibility index (Phi) is 7.73. The second-order valence-corrected chi connectivity index (χ2v) is 7.53. The zero-order valence-electron chi connectivity index (χ0n) is 16.4. The second-order valence-electron chi connectivity index (χ2n) is 6.53. The number of carbonyl (C=O) groups is 2. The van der Waals surface area contributed by atoms with Crippen LogP contribution in [0.4, 0.5) is 16.2 Å². The lowest BCUT2D eigenvalue weighted by atomic mass is 10.1. The van der Waals surface area contributed by atoms with Crippen molar-refractivity contribution in [2.24, 2.45) is 0 Å². The number of nitrogens with zero attached hydrogens (tertiary/aromatic N) is 2. The van der Waals surface area contributed by atoms with Gasteiger partial charge in [0, 0.05) is 43.8 Å². The third-order valence-corrected chi connectivity index (χ3v) is 5.23. The van der Waals surface area contributed by atoms with Crippen molar-refractivity contribution in [1.82, 2.24) is 4.90 Å². The molecule has 0 aliphatic carbocycles. The lowest BCUT2D eigenvalue weighted by Gasteiger charge is -2.19. The highest BCUT2D eigenvalue weighted by molar-refractivity contribution is 8.13. The first kappa shape index (κ1) is 20.8. The molecule has 0 atom stereocenters. The molecule has 0 radical (unpaired) electrons. The predicted molar refractivity (Wildman–Crippen MR) is 114 cm³/mol. The number of amides is 2. The molecule has 27 heavy (non-hydrogen) atoms. The molecular formula is C21H27N3O2S. The average Bonchev–Trinajstić information content (AvgIpc) is 2.67. The van der Waals surface area contributed by atoms with Gasteiger partial charge in [-0.25, -0.2) is 0 Å². The van der Waals surface area contributed by atoms with E-state index in [0.717, 1.165) is 41.7 Å². The summed E-state index contributed by atoms with van der Waals surface area (Å²) < 4.78 is 0. The molecule has 0 aliphatic heterocycles. The summed E-state index contributed by atoms with van der Waals surface area (Å²) in [6.45, 7) is 3.16. The van der Waals surface area contributed by atoms with Gasteiger partial charge < -0.3 is 15.1 Å². The van der Waals surface area contributed by atoms with Crippen LogP contribution in [0.5, 0.6) is 0 Å². The molecule has 0 heterocycles. The minimum absolute atomic E-state index is 0.0869. The summed E-state index contributed by atoms with van der Waals surface area (Å²) in [4.78, 5) is 29.0. The standard InChI is InChI=1S/C21H27N3O2S/c1-5-6-15-24(4)17-13-11-16(12-14-17)20(25)22-18-9-7-8-10-19(18)27-21(26)23(2)3/h7-14H,5-6,15H2,1-4H3,(H,22,25). The van der Waals surface area contributed by atoms with E-state index in [2.05, 4.69) is 24.2 Å². The molecule has 0 bridgehead atoms. The topological polar surface area (TPSA) is 52.7 Å². The van der Waals surface area contributed by atoms with Gasteiger partial charge in [0.05, 0.1) is 5.69 Å². The first-order valence-corrected chi connectivity index (χ1v) is 9.84. The fourth-order valence-electron chi connectivity index (χ4n) is 2.43. The summed E-state index contributed by atoms with van der Waals surface area (Å²) >= 11 is 1.10. The largest absolute Gasteiger partial charge is 0.375 e. The summed E-state index contributed by atoms with van der Waals surface area (Å²) in [7, 11) is 5.46. The van der Waals surface area contributed by atoms with Crippen LogP contribution in [0.25, 0.3) is 0 Å². The van der Waals surface area contributed by atoms with Crippen LogP contribution in [0, 0.1) is 0 Å². The molecule has 0 spiro atoms. The van der Waals surface area contributed by atoms with E-state index in [1.807, 2.05) is 42.5 Å². The maximum atomic E-state index is 12.6. The molecule has 1 N–H and O–H groups in total. The Morgan fingerprint density at radius 1 is 1.00 bits per heavy atom. The Morgan fingerprint density at radius 3 is 2.30 bits per heavy atom. The molecule has 5 nitrogen and oxygen atoms in total. The van der Waals surface area contributed by atoms with E-state index in [1.165, 1.54) is 4.90 Å². The molecule has 0 aliphatic rings. The number of unbranched alkanes of at least 4 members (excludes halogenated alkanes) is 1. The molecule has 6 heteroatoms. The highest BCUT2D eigenvalue weighted by Crippen LogP contribution is 2.29. The number of rotatable bonds is 7. The second kappa shape index (κ2) is 10.0. The number of hydrogen-bond donors (Lipinski definition) is 1. The Morgan fingerprint density at radius 2 is 1.67 bits per heavy atom. The number of benzene rings is 2. The maximum absolute atomic E-state index is 12.6. The fourth-order valence-corrected chi connectivity index (χ4v) is 3.18. The zero-order chi connectivity index (χ0) is 19.8. The quantitative estimate of drug-likeness (QED) is 0.685. The lowest BCUT2D eigenvalue weighted by Crippen LogP contribution is -2.19. The first-order chi connectivity index (χ1) is 12.9. The van der Waals surface area contributed by atoms with Crippen LogP contribution < -0.4 is 10.2 Å². The van der Waals surface area contributed by atoms with Crippen molar-refractivity contribution in [2.45, 2.75) is 24.7 Å². The highest BCUT2D eigenvalue weighted by atomic mass is 32.2. The molecule has 144 valence electrons. The minimum Gasteiger partial charge on any atom is -0.375 e. The smallest absolute Gasteiger partial charge is 0.286 e. The van der Waals surface area contributed by atoms with E-state index in [9.17, 15) is 9.59 Å². The fraction of sp³-hybridized carbons (Fsp3) is 0.333. The number of nitrogens with one attached hydrogen (secondary N) is 1. The van der Waals surface area contributed by atoms with Crippen LogP contribution >= 0.6 is 11.8 Å². The van der Waals surface area contributed by atoms with Crippen molar-refractivity contribution < 1.29 is 9.59 Å². The van der Waals surface area contributed by atoms with E-state index in [-0.39, 0.29) is 11.1 Å². The van der Waals surface area contributed by atoms with Crippen molar-refractivity contribution in [2.75, 3.05) is 37.9 Å². The Bertz CT molecular complexity index is 775. The van der Waals surface area contributed by atoms with Crippen LogP contribution in [-0.2, 0) is 0 Å². The van der Waals surface area contributed by atoms with Crippen LogP contribution in [0.3, 0.4) is 0 Å². The normalized spacial score (nSPS) is 10.4. The summed E-state index contributed by atoms with van der Waals surface area (Å²) in [6.07, 6.45) is 2.29. The van der Waals surface area contributed by atoms with Gasteiger partial charge in [0.15, 0.2) is 0 Å². The number of hydrogen-bond acceptors (Lipinski definition) is 4. The maximum Gasteiger partial charge on any atom is 0.286 e. The SMILES string of the molecule is CCCCN(C)c1ccc(C(=O)Nc2ccccc2SC(=O)N(C)C)cc1. The van der Waals surface area contributed by atoms with Crippen LogP contribution in [-0.4, -0.2) is 43.7 Å². The molecule has 0 fully saturated rings. The lowest BCUT2D eigenvalue weighted by molar-refractivity contribution is 0.102. The molecule has 2 aromatic rings. The van der Waals surface area contributed by atoms with Crippen molar-refractivity contribution in [3.8, 4) is 0 Å². The predicted octanol–water partition coefficient (Wildman–Crippen LogP) is 4.95. The van der Waals surface area contributed by atoms with E-state index in [1.54, 1.807) is 20.2 Å². The van der Waals surface area contributed by atoms with Crippen molar-refractivity contribution in [3.05, 3.63) is 54.1 Å². The van der Waals surface area contributed by atoms with Gasteiger partial charge in [0.1, 0.15) is 0 Å².